The van der Waals surface area contributed by atoms with E-state index in [0.717, 1.165) is 31.2 Å². The van der Waals surface area contributed by atoms with Crippen LogP contribution in [0.4, 0.5) is 0 Å². The van der Waals surface area contributed by atoms with Crippen LogP contribution in [-0.2, 0) is 4.74 Å². The molecule has 1 aromatic heterocycles. The minimum Gasteiger partial charge on any atom is -0.367 e. The highest BCUT2D eigenvalue weighted by molar-refractivity contribution is 7.10. The number of hydrogen-bond acceptors (Lipinski definition) is 3. The topological polar surface area (TPSA) is 26.3 Å². The van der Waals surface area contributed by atoms with E-state index in [1.54, 1.807) is 11.3 Å². The normalized spacial score (nSPS) is 18.9. The molecule has 1 aromatic rings. The van der Waals surface area contributed by atoms with Gasteiger partial charge in [-0.1, -0.05) is 0 Å². The maximum atomic E-state index is 12.5. The summed E-state index contributed by atoms with van der Waals surface area (Å²) in [5.41, 5.74) is 0.320. The summed E-state index contributed by atoms with van der Waals surface area (Å²) in [7, 11) is 0. The van der Waals surface area contributed by atoms with Crippen LogP contribution in [0.3, 0.4) is 0 Å². The Bertz CT molecular complexity index is 375. The molecule has 0 radical (unpaired) electrons. The Labute approximate surface area is 101 Å². The zero-order chi connectivity index (χ0) is 11.6. The predicted molar refractivity (Wildman–Crippen MR) is 66.2 cm³/mol. The smallest absolute Gasteiger partial charge is 0.195 e. The summed E-state index contributed by atoms with van der Waals surface area (Å²) < 4.78 is 5.77. The van der Waals surface area contributed by atoms with Crippen molar-refractivity contribution in [3.8, 4) is 0 Å². The molecule has 16 heavy (non-hydrogen) atoms. The van der Waals surface area contributed by atoms with Gasteiger partial charge < -0.3 is 4.74 Å². The summed E-state index contributed by atoms with van der Waals surface area (Å²) in [6, 6.07) is 1.98. The van der Waals surface area contributed by atoms with Crippen LogP contribution in [0.25, 0.3) is 0 Å². The maximum Gasteiger partial charge on any atom is 0.195 e. The third-order valence-electron chi connectivity index (χ3n) is 3.24. The van der Waals surface area contributed by atoms with Crippen LogP contribution in [-0.4, -0.2) is 18.0 Å². The number of hydrogen-bond donors (Lipinski definition) is 0. The molecular formula is C13H18O2S. The molecule has 0 aromatic carbocycles. The van der Waals surface area contributed by atoms with Crippen LogP contribution < -0.4 is 0 Å². The van der Waals surface area contributed by atoms with Crippen molar-refractivity contribution in [1.82, 2.24) is 0 Å². The van der Waals surface area contributed by atoms with E-state index in [9.17, 15) is 4.79 Å². The Hall–Kier alpha value is -0.670. The summed E-state index contributed by atoms with van der Waals surface area (Å²) in [5.74, 6) is 0.191. The van der Waals surface area contributed by atoms with Gasteiger partial charge in [-0.05, 0) is 45.6 Å². The highest BCUT2D eigenvalue weighted by Gasteiger charge is 2.42. The molecule has 0 unspecified atom stereocenters. The van der Waals surface area contributed by atoms with Gasteiger partial charge in [0.15, 0.2) is 5.78 Å². The molecular weight excluding hydrogens is 220 g/mol. The zero-order valence-corrected chi connectivity index (χ0v) is 10.7. The fourth-order valence-corrected chi connectivity index (χ4v) is 3.17. The third kappa shape index (κ3) is 2.06. The predicted octanol–water partition coefficient (Wildman–Crippen LogP) is 3.59. The van der Waals surface area contributed by atoms with E-state index < -0.39 is 5.60 Å². The number of carbonyl (C=O) groups excluding carboxylic acids is 1. The molecule has 0 saturated heterocycles. The summed E-state index contributed by atoms with van der Waals surface area (Å²) >= 11 is 1.63. The van der Waals surface area contributed by atoms with Gasteiger partial charge in [0.25, 0.3) is 0 Å². The summed E-state index contributed by atoms with van der Waals surface area (Å²) in [6.45, 7) is 4.62. The van der Waals surface area contributed by atoms with Gasteiger partial charge in [0, 0.05) is 22.4 Å². The first-order chi connectivity index (χ1) is 7.68. The van der Waals surface area contributed by atoms with Crippen molar-refractivity contribution in [2.75, 3.05) is 6.61 Å². The zero-order valence-electron chi connectivity index (χ0n) is 9.91. The number of ether oxygens (including phenoxy) is 1. The summed E-state index contributed by atoms with van der Waals surface area (Å²) in [5, 5.41) is 1.96. The average molecular weight is 238 g/mol. The molecule has 1 aliphatic rings. The monoisotopic (exact) mass is 238 g/mol. The van der Waals surface area contributed by atoms with E-state index in [1.165, 1.54) is 4.88 Å². The van der Waals surface area contributed by atoms with Gasteiger partial charge in [-0.25, -0.2) is 0 Å². The fraction of sp³-hybridized carbons (Fsp3) is 0.615. The second-order valence-electron chi connectivity index (χ2n) is 4.41. The number of aryl methyl sites for hydroxylation is 1. The number of rotatable bonds is 4. The summed E-state index contributed by atoms with van der Waals surface area (Å²) in [4.78, 5) is 13.6. The van der Waals surface area contributed by atoms with Gasteiger partial charge >= 0.3 is 0 Å². The van der Waals surface area contributed by atoms with E-state index in [1.807, 2.05) is 25.3 Å². The van der Waals surface area contributed by atoms with E-state index >= 15 is 0 Å². The van der Waals surface area contributed by atoms with Crippen LogP contribution in [0.1, 0.15) is 47.8 Å². The van der Waals surface area contributed by atoms with E-state index in [0.29, 0.717) is 6.61 Å². The Kier molecular flexibility index (Phi) is 3.45. The van der Waals surface area contributed by atoms with Crippen LogP contribution in [0, 0.1) is 6.92 Å². The van der Waals surface area contributed by atoms with Crippen LogP contribution >= 0.6 is 11.3 Å². The number of Topliss-reactive ketones (excluding diaryl/α,β-unsaturated/α-hetero) is 1. The number of thiophene rings is 1. The van der Waals surface area contributed by atoms with E-state index in [2.05, 4.69) is 0 Å². The first-order valence-corrected chi connectivity index (χ1v) is 6.80. The van der Waals surface area contributed by atoms with Crippen molar-refractivity contribution in [1.29, 1.82) is 0 Å². The molecule has 0 amide bonds. The lowest BCUT2D eigenvalue weighted by atomic mass is 9.92. The highest BCUT2D eigenvalue weighted by Crippen LogP contribution is 2.36. The van der Waals surface area contributed by atoms with Gasteiger partial charge in [-0.3, -0.25) is 4.79 Å². The van der Waals surface area contributed by atoms with Crippen LogP contribution in [0.2, 0.25) is 0 Å². The largest absolute Gasteiger partial charge is 0.367 e. The minimum absolute atomic E-state index is 0.191. The molecule has 0 N–H and O–H groups in total. The molecule has 1 aliphatic carbocycles. The van der Waals surface area contributed by atoms with Crippen molar-refractivity contribution in [2.24, 2.45) is 0 Å². The SMILES string of the molecule is CCOC1(C(=O)c2csc(C)c2)CCCC1. The van der Waals surface area contributed by atoms with Gasteiger partial charge in [-0.2, -0.15) is 0 Å². The van der Waals surface area contributed by atoms with Crippen molar-refractivity contribution in [3.63, 3.8) is 0 Å². The lowest BCUT2D eigenvalue weighted by Crippen LogP contribution is -2.38. The molecule has 1 saturated carbocycles. The Morgan fingerprint density at radius 1 is 1.50 bits per heavy atom. The van der Waals surface area contributed by atoms with Gasteiger partial charge in [-0.15, -0.1) is 11.3 Å². The quantitative estimate of drug-likeness (QED) is 0.749. The molecule has 2 rings (SSSR count). The Morgan fingerprint density at radius 2 is 2.19 bits per heavy atom. The number of ketones is 1. The van der Waals surface area contributed by atoms with Crippen LogP contribution in [0.15, 0.2) is 11.4 Å². The van der Waals surface area contributed by atoms with E-state index in [-0.39, 0.29) is 5.78 Å². The first-order valence-electron chi connectivity index (χ1n) is 5.92. The molecule has 0 bridgehead atoms. The molecule has 2 nitrogen and oxygen atoms in total. The van der Waals surface area contributed by atoms with Crippen molar-refractivity contribution in [3.05, 3.63) is 21.9 Å². The molecule has 0 atom stereocenters. The van der Waals surface area contributed by atoms with Gasteiger partial charge in [0.1, 0.15) is 5.60 Å². The lowest BCUT2D eigenvalue weighted by Gasteiger charge is -2.26. The molecule has 0 spiro atoms. The van der Waals surface area contributed by atoms with Crippen molar-refractivity contribution < 1.29 is 9.53 Å². The van der Waals surface area contributed by atoms with Gasteiger partial charge in [0.2, 0.25) is 0 Å². The summed E-state index contributed by atoms with van der Waals surface area (Å²) in [6.07, 6.45) is 3.98. The average Bonchev–Trinajstić information content (AvgIpc) is 2.87. The third-order valence-corrected chi connectivity index (χ3v) is 4.10. The lowest BCUT2D eigenvalue weighted by molar-refractivity contribution is -0.0163. The van der Waals surface area contributed by atoms with Crippen molar-refractivity contribution >= 4 is 17.1 Å². The van der Waals surface area contributed by atoms with Crippen molar-refractivity contribution in [2.45, 2.75) is 45.1 Å². The maximum absolute atomic E-state index is 12.5. The molecule has 1 fully saturated rings. The Morgan fingerprint density at radius 3 is 2.69 bits per heavy atom. The van der Waals surface area contributed by atoms with Gasteiger partial charge in [0.05, 0.1) is 0 Å². The second kappa shape index (κ2) is 4.68. The highest BCUT2D eigenvalue weighted by atomic mass is 32.1. The molecule has 88 valence electrons. The first kappa shape index (κ1) is 11.8. The fourth-order valence-electron chi connectivity index (χ4n) is 2.48. The Balaban J connectivity index is 2.23. The minimum atomic E-state index is -0.512. The molecule has 0 aliphatic heterocycles. The van der Waals surface area contributed by atoms with E-state index in [4.69, 9.17) is 4.74 Å². The van der Waals surface area contributed by atoms with Crippen LogP contribution in [0.5, 0.6) is 0 Å². The molecule has 3 heteroatoms. The number of carbonyl (C=O) groups is 1. The molecule has 1 heterocycles. The second-order valence-corrected chi connectivity index (χ2v) is 5.52. The standard InChI is InChI=1S/C13H18O2S/c1-3-15-13(6-4-5-7-13)12(14)11-8-10(2)16-9-11/h8-9H,3-7H2,1-2H3.